The van der Waals surface area contributed by atoms with E-state index in [9.17, 15) is 4.79 Å². The van der Waals surface area contributed by atoms with Crippen molar-refractivity contribution in [1.82, 2.24) is 10.2 Å². The van der Waals surface area contributed by atoms with Crippen molar-refractivity contribution in [3.8, 4) is 5.75 Å². The molecule has 0 aromatic heterocycles. The number of nitrogens with zero attached hydrogens (tertiary/aromatic N) is 1. The molecule has 0 aliphatic carbocycles. The van der Waals surface area contributed by atoms with Crippen LogP contribution >= 0.6 is 0 Å². The standard InChI is InChI=1S/C17H26N2O2/c1-2-12-19(13-15-8-10-18-11-9-15)17(20)14-21-16-6-4-3-5-7-16/h3-7,15,18H,2,8-14H2,1H3. The van der Waals surface area contributed by atoms with Gasteiger partial charge in [-0.3, -0.25) is 4.79 Å². The molecule has 1 fully saturated rings. The molecule has 1 saturated heterocycles. The van der Waals surface area contributed by atoms with E-state index in [0.717, 1.165) is 51.2 Å². The lowest BCUT2D eigenvalue weighted by atomic mass is 9.97. The third kappa shape index (κ3) is 5.38. The maximum atomic E-state index is 12.4. The number of ether oxygens (including phenoxy) is 1. The Morgan fingerprint density at radius 2 is 2.00 bits per heavy atom. The zero-order chi connectivity index (χ0) is 14.9. The number of nitrogens with one attached hydrogen (secondary N) is 1. The summed E-state index contributed by atoms with van der Waals surface area (Å²) in [5, 5.41) is 3.37. The van der Waals surface area contributed by atoms with Crippen molar-refractivity contribution in [2.75, 3.05) is 32.8 Å². The summed E-state index contributed by atoms with van der Waals surface area (Å²) in [5.41, 5.74) is 0. The monoisotopic (exact) mass is 290 g/mol. The number of carbonyl (C=O) groups is 1. The average Bonchev–Trinajstić information content (AvgIpc) is 2.54. The largest absolute Gasteiger partial charge is 0.484 e. The second-order valence-corrected chi connectivity index (χ2v) is 5.63. The van der Waals surface area contributed by atoms with Gasteiger partial charge in [-0.15, -0.1) is 0 Å². The minimum Gasteiger partial charge on any atom is -0.484 e. The van der Waals surface area contributed by atoms with Crippen molar-refractivity contribution < 1.29 is 9.53 Å². The quantitative estimate of drug-likeness (QED) is 0.838. The van der Waals surface area contributed by atoms with Gasteiger partial charge in [0, 0.05) is 13.1 Å². The molecule has 0 unspecified atom stereocenters. The van der Waals surface area contributed by atoms with Crippen molar-refractivity contribution in [2.24, 2.45) is 5.92 Å². The molecule has 0 bridgehead atoms. The van der Waals surface area contributed by atoms with E-state index in [1.165, 1.54) is 0 Å². The number of carbonyl (C=O) groups excluding carboxylic acids is 1. The molecule has 0 spiro atoms. The molecule has 1 aliphatic heterocycles. The van der Waals surface area contributed by atoms with Crippen molar-refractivity contribution in [3.05, 3.63) is 30.3 Å². The molecule has 1 aliphatic rings. The average molecular weight is 290 g/mol. The van der Waals surface area contributed by atoms with E-state index in [2.05, 4.69) is 12.2 Å². The van der Waals surface area contributed by atoms with E-state index in [1.54, 1.807) is 0 Å². The highest BCUT2D eigenvalue weighted by Crippen LogP contribution is 2.14. The highest BCUT2D eigenvalue weighted by atomic mass is 16.5. The van der Waals surface area contributed by atoms with Crippen LogP contribution in [0.25, 0.3) is 0 Å². The second kappa shape index (κ2) is 8.67. The number of rotatable bonds is 7. The van der Waals surface area contributed by atoms with Gasteiger partial charge in [-0.05, 0) is 50.4 Å². The molecule has 0 saturated carbocycles. The van der Waals surface area contributed by atoms with E-state index >= 15 is 0 Å². The third-order valence-corrected chi connectivity index (χ3v) is 3.89. The Hall–Kier alpha value is -1.55. The number of piperidine rings is 1. The normalized spacial score (nSPS) is 15.7. The summed E-state index contributed by atoms with van der Waals surface area (Å²) in [6.45, 7) is 6.07. The lowest BCUT2D eigenvalue weighted by Gasteiger charge is -2.30. The molecule has 4 nitrogen and oxygen atoms in total. The summed E-state index contributed by atoms with van der Waals surface area (Å²) in [5.74, 6) is 1.47. The highest BCUT2D eigenvalue weighted by Gasteiger charge is 2.20. The predicted molar refractivity (Wildman–Crippen MR) is 84.4 cm³/mol. The van der Waals surface area contributed by atoms with Crippen LogP contribution in [0.4, 0.5) is 0 Å². The van der Waals surface area contributed by atoms with Gasteiger partial charge in [0.1, 0.15) is 5.75 Å². The van der Waals surface area contributed by atoms with Gasteiger partial charge < -0.3 is 15.0 Å². The molecule has 1 aromatic carbocycles. The molecule has 1 heterocycles. The molecular formula is C17H26N2O2. The highest BCUT2D eigenvalue weighted by molar-refractivity contribution is 5.77. The zero-order valence-electron chi connectivity index (χ0n) is 12.9. The van der Waals surface area contributed by atoms with Crippen LogP contribution < -0.4 is 10.1 Å². The van der Waals surface area contributed by atoms with Crippen molar-refractivity contribution in [1.29, 1.82) is 0 Å². The maximum absolute atomic E-state index is 12.4. The Balaban J connectivity index is 1.82. The Labute approximate surface area is 127 Å². The van der Waals surface area contributed by atoms with Crippen LogP contribution in [0.5, 0.6) is 5.75 Å². The van der Waals surface area contributed by atoms with Crippen LogP contribution in [0.15, 0.2) is 30.3 Å². The fourth-order valence-corrected chi connectivity index (χ4v) is 2.72. The van der Waals surface area contributed by atoms with Gasteiger partial charge in [0.05, 0.1) is 0 Å². The number of amides is 1. The molecule has 1 amide bonds. The lowest BCUT2D eigenvalue weighted by Crippen LogP contribution is -2.41. The molecule has 2 rings (SSSR count). The molecule has 4 heteroatoms. The van der Waals surface area contributed by atoms with Crippen LogP contribution in [0.2, 0.25) is 0 Å². The van der Waals surface area contributed by atoms with Crippen LogP contribution in [-0.4, -0.2) is 43.6 Å². The van der Waals surface area contributed by atoms with Crippen LogP contribution in [0.1, 0.15) is 26.2 Å². The summed E-state index contributed by atoms with van der Waals surface area (Å²) >= 11 is 0. The van der Waals surface area contributed by atoms with Crippen LogP contribution in [-0.2, 0) is 4.79 Å². The molecule has 0 atom stereocenters. The van der Waals surface area contributed by atoms with Crippen molar-refractivity contribution >= 4 is 5.91 Å². The minimum absolute atomic E-state index is 0.0965. The van der Waals surface area contributed by atoms with Gasteiger partial charge in [0.15, 0.2) is 6.61 Å². The molecule has 21 heavy (non-hydrogen) atoms. The Kier molecular flexibility index (Phi) is 6.54. The maximum Gasteiger partial charge on any atom is 0.260 e. The third-order valence-electron chi connectivity index (χ3n) is 3.89. The van der Waals surface area contributed by atoms with Gasteiger partial charge >= 0.3 is 0 Å². The summed E-state index contributed by atoms with van der Waals surface area (Å²) in [6, 6.07) is 9.53. The molecule has 1 N–H and O–H groups in total. The second-order valence-electron chi connectivity index (χ2n) is 5.63. The van der Waals surface area contributed by atoms with Gasteiger partial charge in [-0.25, -0.2) is 0 Å². The van der Waals surface area contributed by atoms with Gasteiger partial charge in [0.2, 0.25) is 0 Å². The van der Waals surface area contributed by atoms with Crippen molar-refractivity contribution in [3.63, 3.8) is 0 Å². The first-order valence-electron chi connectivity index (χ1n) is 7.96. The Bertz CT molecular complexity index is 416. The first-order chi connectivity index (χ1) is 10.3. The van der Waals surface area contributed by atoms with Crippen LogP contribution in [0, 0.1) is 5.92 Å². The van der Waals surface area contributed by atoms with E-state index < -0.39 is 0 Å². The summed E-state index contributed by atoms with van der Waals surface area (Å²) in [6.07, 6.45) is 3.31. The molecule has 1 aromatic rings. The lowest BCUT2D eigenvalue weighted by molar-refractivity contribution is -0.134. The molecule has 116 valence electrons. The zero-order valence-corrected chi connectivity index (χ0v) is 12.9. The van der Waals surface area contributed by atoms with Crippen LogP contribution in [0.3, 0.4) is 0 Å². The first-order valence-corrected chi connectivity index (χ1v) is 7.96. The van der Waals surface area contributed by atoms with Crippen molar-refractivity contribution in [2.45, 2.75) is 26.2 Å². The topological polar surface area (TPSA) is 41.6 Å². The summed E-state index contributed by atoms with van der Waals surface area (Å²) in [7, 11) is 0. The number of hydrogen-bond donors (Lipinski definition) is 1. The summed E-state index contributed by atoms with van der Waals surface area (Å²) in [4.78, 5) is 14.3. The molecular weight excluding hydrogens is 264 g/mol. The van der Waals surface area contributed by atoms with E-state index in [1.807, 2.05) is 35.2 Å². The fraction of sp³-hybridized carbons (Fsp3) is 0.588. The number of hydrogen-bond acceptors (Lipinski definition) is 3. The fourth-order valence-electron chi connectivity index (χ4n) is 2.72. The first kappa shape index (κ1) is 15.8. The minimum atomic E-state index is 0.0965. The molecule has 0 radical (unpaired) electrons. The van der Waals surface area contributed by atoms with E-state index in [-0.39, 0.29) is 12.5 Å². The van der Waals surface area contributed by atoms with Gasteiger partial charge in [0.25, 0.3) is 5.91 Å². The van der Waals surface area contributed by atoms with Gasteiger partial charge in [-0.2, -0.15) is 0 Å². The number of benzene rings is 1. The van der Waals surface area contributed by atoms with Gasteiger partial charge in [-0.1, -0.05) is 25.1 Å². The smallest absolute Gasteiger partial charge is 0.260 e. The number of para-hydroxylation sites is 1. The Morgan fingerprint density at radius 1 is 1.29 bits per heavy atom. The van der Waals surface area contributed by atoms with E-state index in [4.69, 9.17) is 4.74 Å². The summed E-state index contributed by atoms with van der Waals surface area (Å²) < 4.78 is 5.58. The Morgan fingerprint density at radius 3 is 2.67 bits per heavy atom. The predicted octanol–water partition coefficient (Wildman–Crippen LogP) is 2.30. The SMILES string of the molecule is CCCN(CC1CCNCC1)C(=O)COc1ccccc1. The van der Waals surface area contributed by atoms with E-state index in [0.29, 0.717) is 5.92 Å².